The second kappa shape index (κ2) is 7.21. The van der Waals surface area contributed by atoms with E-state index in [1.54, 1.807) is 13.0 Å². The fraction of sp³-hybridized carbons (Fsp3) is 0.556. The molecule has 0 atom stereocenters. The van der Waals surface area contributed by atoms with Crippen LogP contribution in [0.1, 0.15) is 67.2 Å². The standard InChI is InChI=1S/C18H23N3O4/c1-4-12(5-2)19-15(22)9-24-18(23)13-8-14(11-6-7-11)20-17-16(13)10(3)21-25-17/h8,11-12H,4-7,9H2,1-3H3,(H,19,22). The summed E-state index contributed by atoms with van der Waals surface area (Å²) in [5.41, 5.74) is 2.10. The van der Waals surface area contributed by atoms with Crippen molar-refractivity contribution in [2.45, 2.75) is 58.4 Å². The third-order valence-corrected chi connectivity index (χ3v) is 4.54. The van der Waals surface area contributed by atoms with E-state index in [4.69, 9.17) is 9.26 Å². The van der Waals surface area contributed by atoms with E-state index in [1.807, 2.05) is 13.8 Å². The fourth-order valence-electron chi connectivity index (χ4n) is 2.83. The highest BCUT2D eigenvalue weighted by Crippen LogP contribution is 2.40. The van der Waals surface area contributed by atoms with Crippen LogP contribution in [-0.4, -0.2) is 34.7 Å². The van der Waals surface area contributed by atoms with Crippen molar-refractivity contribution < 1.29 is 18.8 Å². The van der Waals surface area contributed by atoms with Gasteiger partial charge in [-0.1, -0.05) is 19.0 Å². The van der Waals surface area contributed by atoms with Crippen LogP contribution in [0, 0.1) is 6.92 Å². The van der Waals surface area contributed by atoms with Crippen molar-refractivity contribution in [1.29, 1.82) is 0 Å². The Labute approximate surface area is 146 Å². The number of aryl methyl sites for hydroxylation is 1. The number of amides is 1. The molecule has 1 amide bonds. The molecule has 1 fully saturated rings. The summed E-state index contributed by atoms with van der Waals surface area (Å²) in [4.78, 5) is 28.9. The molecule has 2 heterocycles. The smallest absolute Gasteiger partial charge is 0.339 e. The largest absolute Gasteiger partial charge is 0.452 e. The second-order valence-electron chi connectivity index (χ2n) is 6.47. The number of ether oxygens (including phenoxy) is 1. The zero-order chi connectivity index (χ0) is 18.0. The van der Waals surface area contributed by atoms with Gasteiger partial charge in [0, 0.05) is 17.7 Å². The van der Waals surface area contributed by atoms with Crippen LogP contribution < -0.4 is 5.32 Å². The second-order valence-corrected chi connectivity index (χ2v) is 6.47. The summed E-state index contributed by atoms with van der Waals surface area (Å²) >= 11 is 0. The van der Waals surface area contributed by atoms with E-state index in [0.29, 0.717) is 28.3 Å². The Morgan fingerprint density at radius 1 is 1.36 bits per heavy atom. The fourth-order valence-corrected chi connectivity index (χ4v) is 2.83. The van der Waals surface area contributed by atoms with Crippen molar-refractivity contribution in [3.05, 3.63) is 23.0 Å². The van der Waals surface area contributed by atoms with Crippen molar-refractivity contribution in [3.8, 4) is 0 Å². The molecule has 3 rings (SSSR count). The first-order valence-corrected chi connectivity index (χ1v) is 8.76. The van der Waals surface area contributed by atoms with Crippen LogP contribution in [-0.2, 0) is 9.53 Å². The number of esters is 1. The van der Waals surface area contributed by atoms with Gasteiger partial charge in [-0.3, -0.25) is 4.79 Å². The summed E-state index contributed by atoms with van der Waals surface area (Å²) in [6.45, 7) is 5.45. The number of hydrogen-bond donors (Lipinski definition) is 1. The first-order valence-electron chi connectivity index (χ1n) is 8.76. The molecule has 1 saturated carbocycles. The molecule has 0 unspecified atom stereocenters. The maximum Gasteiger partial charge on any atom is 0.339 e. The van der Waals surface area contributed by atoms with Gasteiger partial charge in [-0.25, -0.2) is 9.78 Å². The quantitative estimate of drug-likeness (QED) is 0.776. The number of nitrogens with zero attached hydrogens (tertiary/aromatic N) is 2. The zero-order valence-corrected chi connectivity index (χ0v) is 14.8. The third-order valence-electron chi connectivity index (χ3n) is 4.54. The molecule has 0 saturated heterocycles. The first-order chi connectivity index (χ1) is 12.0. The van der Waals surface area contributed by atoms with Gasteiger partial charge < -0.3 is 14.6 Å². The number of pyridine rings is 1. The van der Waals surface area contributed by atoms with Gasteiger partial charge in [-0.15, -0.1) is 0 Å². The Bertz CT molecular complexity index is 791. The van der Waals surface area contributed by atoms with E-state index in [9.17, 15) is 9.59 Å². The molecule has 7 heteroatoms. The highest BCUT2D eigenvalue weighted by molar-refractivity contribution is 6.03. The lowest BCUT2D eigenvalue weighted by atomic mass is 10.1. The topological polar surface area (TPSA) is 94.3 Å². The molecule has 0 aliphatic heterocycles. The predicted octanol–water partition coefficient (Wildman–Crippen LogP) is 2.87. The van der Waals surface area contributed by atoms with Crippen molar-refractivity contribution in [2.75, 3.05) is 6.61 Å². The number of aromatic nitrogens is 2. The zero-order valence-electron chi connectivity index (χ0n) is 14.8. The van der Waals surface area contributed by atoms with Crippen molar-refractivity contribution >= 4 is 23.0 Å². The Kier molecular flexibility index (Phi) is 5.01. The molecule has 1 aliphatic rings. The molecule has 0 aromatic carbocycles. The average molecular weight is 345 g/mol. The van der Waals surface area contributed by atoms with Gasteiger partial charge in [0.25, 0.3) is 11.6 Å². The van der Waals surface area contributed by atoms with Crippen LogP contribution in [0.15, 0.2) is 10.6 Å². The van der Waals surface area contributed by atoms with Gasteiger partial charge in [0.2, 0.25) is 0 Å². The summed E-state index contributed by atoms with van der Waals surface area (Å²) in [5, 5.41) is 7.29. The number of fused-ring (bicyclic) bond motifs is 1. The van der Waals surface area contributed by atoms with E-state index in [-0.39, 0.29) is 18.6 Å². The van der Waals surface area contributed by atoms with Gasteiger partial charge in [0.05, 0.1) is 16.6 Å². The van der Waals surface area contributed by atoms with Crippen LogP contribution >= 0.6 is 0 Å². The van der Waals surface area contributed by atoms with E-state index in [0.717, 1.165) is 31.4 Å². The molecule has 1 aliphatic carbocycles. The average Bonchev–Trinajstić information content (AvgIpc) is 3.40. The SMILES string of the molecule is CCC(CC)NC(=O)COC(=O)c1cc(C2CC2)nc2onc(C)c12. The molecule has 25 heavy (non-hydrogen) atoms. The van der Waals surface area contributed by atoms with E-state index in [1.165, 1.54) is 0 Å². The Morgan fingerprint density at radius 2 is 2.08 bits per heavy atom. The molecule has 0 spiro atoms. The number of nitrogens with one attached hydrogen (secondary N) is 1. The summed E-state index contributed by atoms with van der Waals surface area (Å²) < 4.78 is 10.4. The molecule has 134 valence electrons. The van der Waals surface area contributed by atoms with Gasteiger partial charge in [0.15, 0.2) is 6.61 Å². The van der Waals surface area contributed by atoms with E-state index >= 15 is 0 Å². The summed E-state index contributed by atoms with van der Waals surface area (Å²) in [6, 6.07) is 1.84. The number of rotatable bonds is 7. The number of hydrogen-bond acceptors (Lipinski definition) is 6. The predicted molar refractivity (Wildman–Crippen MR) is 91.3 cm³/mol. The lowest BCUT2D eigenvalue weighted by molar-refractivity contribution is -0.125. The maximum atomic E-state index is 12.5. The minimum Gasteiger partial charge on any atom is -0.452 e. The summed E-state index contributed by atoms with van der Waals surface area (Å²) in [6.07, 6.45) is 3.79. The minimum atomic E-state index is -0.555. The van der Waals surface area contributed by atoms with Crippen molar-refractivity contribution in [2.24, 2.45) is 0 Å². The number of carbonyl (C=O) groups excluding carboxylic acids is 2. The van der Waals surface area contributed by atoms with Crippen LogP contribution in [0.5, 0.6) is 0 Å². The van der Waals surface area contributed by atoms with Gasteiger partial charge in [0.1, 0.15) is 0 Å². The minimum absolute atomic E-state index is 0.0978. The molecule has 2 aromatic rings. The Balaban J connectivity index is 1.75. The molecule has 2 aromatic heterocycles. The maximum absolute atomic E-state index is 12.5. The lowest BCUT2D eigenvalue weighted by Crippen LogP contribution is -2.36. The highest BCUT2D eigenvalue weighted by Gasteiger charge is 2.29. The van der Waals surface area contributed by atoms with Gasteiger partial charge in [-0.05, 0) is 38.7 Å². The van der Waals surface area contributed by atoms with Gasteiger partial charge in [-0.2, -0.15) is 0 Å². The highest BCUT2D eigenvalue weighted by atomic mass is 16.5. The Morgan fingerprint density at radius 3 is 2.72 bits per heavy atom. The third kappa shape index (κ3) is 3.81. The van der Waals surface area contributed by atoms with Crippen molar-refractivity contribution in [1.82, 2.24) is 15.5 Å². The molecular weight excluding hydrogens is 322 g/mol. The van der Waals surface area contributed by atoms with Crippen LogP contribution in [0.4, 0.5) is 0 Å². The number of carbonyl (C=O) groups is 2. The summed E-state index contributed by atoms with van der Waals surface area (Å²) in [7, 11) is 0. The Hall–Kier alpha value is -2.44. The molecule has 1 N–H and O–H groups in total. The van der Waals surface area contributed by atoms with Gasteiger partial charge >= 0.3 is 5.97 Å². The first kappa shape index (κ1) is 17.4. The normalized spacial score (nSPS) is 14.1. The van der Waals surface area contributed by atoms with Crippen LogP contribution in [0.3, 0.4) is 0 Å². The van der Waals surface area contributed by atoms with E-state index < -0.39 is 5.97 Å². The van der Waals surface area contributed by atoms with Crippen LogP contribution in [0.2, 0.25) is 0 Å². The molecular formula is C18H23N3O4. The van der Waals surface area contributed by atoms with Crippen molar-refractivity contribution in [3.63, 3.8) is 0 Å². The van der Waals surface area contributed by atoms with E-state index in [2.05, 4.69) is 15.5 Å². The lowest BCUT2D eigenvalue weighted by Gasteiger charge is -2.14. The molecule has 7 nitrogen and oxygen atoms in total. The monoisotopic (exact) mass is 345 g/mol. The molecule has 0 radical (unpaired) electrons. The molecule has 0 bridgehead atoms. The summed E-state index contributed by atoms with van der Waals surface area (Å²) in [5.74, 6) is -0.489. The van der Waals surface area contributed by atoms with Crippen LogP contribution in [0.25, 0.3) is 11.1 Å².